The van der Waals surface area contributed by atoms with E-state index < -0.39 is 0 Å². The molecule has 0 atom stereocenters. The lowest BCUT2D eigenvalue weighted by Gasteiger charge is -2.29. The van der Waals surface area contributed by atoms with Gasteiger partial charge in [-0.25, -0.2) is 0 Å². The van der Waals surface area contributed by atoms with Crippen LogP contribution >= 0.6 is 0 Å². The molecule has 9 aromatic carbocycles. The third kappa shape index (κ3) is 5.05. The second-order valence-corrected chi connectivity index (χ2v) is 18.4. The molecule has 0 bridgehead atoms. The van der Waals surface area contributed by atoms with Crippen LogP contribution in [0.2, 0.25) is 0 Å². The van der Waals surface area contributed by atoms with Crippen LogP contribution in [0.1, 0.15) is 49.9 Å². The Morgan fingerprint density at radius 2 is 0.656 bits per heavy atom. The molecule has 2 aromatic heterocycles. The van der Waals surface area contributed by atoms with Crippen molar-refractivity contribution in [3.05, 3.63) is 216 Å². The van der Waals surface area contributed by atoms with Gasteiger partial charge in [-0.15, -0.1) is 0 Å². The summed E-state index contributed by atoms with van der Waals surface area (Å²) >= 11 is 0. The quantitative estimate of drug-likeness (QED) is 0.167. The molecule has 0 amide bonds. The van der Waals surface area contributed by atoms with Gasteiger partial charge in [0.2, 0.25) is 0 Å². The molecule has 0 unspecified atom stereocenters. The average Bonchev–Trinajstić information content (AvgIpc) is 4.03. The van der Waals surface area contributed by atoms with Crippen molar-refractivity contribution in [3.8, 4) is 22.3 Å². The number of hydrogen-bond donors (Lipinski definition) is 0. The smallest absolute Gasteiger partial charge is 0.145 e. The molecule has 13 rings (SSSR count). The Kier molecular flexibility index (Phi) is 7.67. The highest BCUT2D eigenvalue weighted by molar-refractivity contribution is 6.21. The van der Waals surface area contributed by atoms with Crippen molar-refractivity contribution in [2.75, 3.05) is 9.80 Å². The number of benzene rings is 9. The van der Waals surface area contributed by atoms with Gasteiger partial charge in [0.15, 0.2) is 0 Å². The van der Waals surface area contributed by atoms with Crippen molar-refractivity contribution < 1.29 is 8.83 Å². The number of fused-ring (bicyclic) bond motifs is 14. The van der Waals surface area contributed by atoms with Crippen molar-refractivity contribution >= 4 is 78.0 Å². The molecule has 0 fully saturated rings. The lowest BCUT2D eigenvalue weighted by Crippen LogP contribution is -2.18. The summed E-state index contributed by atoms with van der Waals surface area (Å²) in [6.07, 6.45) is 0. The molecule has 0 saturated heterocycles. The molecule has 2 aliphatic rings. The first-order chi connectivity index (χ1) is 31.3. The van der Waals surface area contributed by atoms with E-state index in [1.54, 1.807) is 0 Å². The normalized spacial score (nSPS) is 14.2. The minimum absolute atomic E-state index is 0.363. The SMILES string of the molecule is CC1(C)c2cc3c(cc2-c2c1cc(N(c1ccccc1)c1ccccc1)c1c2oc2ccccc21)C(C)(C)c1cc(N(c2ccccc2)c2ccccc2)c2c(oc4ccccc42)c1-3. The van der Waals surface area contributed by atoms with E-state index in [4.69, 9.17) is 8.83 Å². The zero-order valence-corrected chi connectivity index (χ0v) is 36.2. The van der Waals surface area contributed by atoms with Crippen molar-refractivity contribution in [1.82, 2.24) is 0 Å². The molecule has 4 heteroatoms. The minimum Gasteiger partial charge on any atom is -0.455 e. The molecule has 0 aliphatic heterocycles. The summed E-state index contributed by atoms with van der Waals surface area (Å²) in [4.78, 5) is 4.79. The molecule has 11 aromatic rings. The predicted molar refractivity (Wildman–Crippen MR) is 265 cm³/mol. The van der Waals surface area contributed by atoms with Gasteiger partial charge in [-0.05, 0) is 118 Å². The van der Waals surface area contributed by atoms with Gasteiger partial charge in [0.1, 0.15) is 22.3 Å². The Morgan fingerprint density at radius 3 is 1.00 bits per heavy atom. The van der Waals surface area contributed by atoms with E-state index in [-0.39, 0.29) is 10.8 Å². The predicted octanol–water partition coefficient (Wildman–Crippen LogP) is 17.0. The molecule has 0 N–H and O–H groups in total. The summed E-state index contributed by atoms with van der Waals surface area (Å²) in [6, 6.07) is 69.8. The molecule has 0 saturated carbocycles. The van der Waals surface area contributed by atoms with E-state index in [1.807, 2.05) is 0 Å². The summed E-state index contributed by atoms with van der Waals surface area (Å²) in [7, 11) is 0. The van der Waals surface area contributed by atoms with Gasteiger partial charge in [-0.3, -0.25) is 0 Å². The summed E-state index contributed by atoms with van der Waals surface area (Å²) in [6.45, 7) is 9.54. The maximum Gasteiger partial charge on any atom is 0.145 e. The van der Waals surface area contributed by atoms with E-state index in [0.29, 0.717) is 0 Å². The molecule has 64 heavy (non-hydrogen) atoms. The van der Waals surface area contributed by atoms with Gasteiger partial charge in [0.25, 0.3) is 0 Å². The molecule has 306 valence electrons. The summed E-state index contributed by atoms with van der Waals surface area (Å²) in [5, 5.41) is 4.44. The highest BCUT2D eigenvalue weighted by Gasteiger charge is 2.45. The Bertz CT molecular complexity index is 3330. The van der Waals surface area contributed by atoms with Crippen LogP contribution in [0, 0.1) is 0 Å². The van der Waals surface area contributed by atoms with Crippen LogP contribution in [-0.2, 0) is 10.8 Å². The van der Waals surface area contributed by atoms with E-state index >= 15 is 0 Å². The van der Waals surface area contributed by atoms with Crippen LogP contribution in [-0.4, -0.2) is 0 Å². The third-order valence-electron chi connectivity index (χ3n) is 14.2. The van der Waals surface area contributed by atoms with Crippen LogP contribution in [0.25, 0.3) is 66.1 Å². The molecule has 2 aliphatic carbocycles. The van der Waals surface area contributed by atoms with Gasteiger partial charge in [-0.2, -0.15) is 0 Å². The van der Waals surface area contributed by atoms with E-state index in [2.05, 4.69) is 232 Å². The van der Waals surface area contributed by atoms with Crippen LogP contribution in [0.5, 0.6) is 0 Å². The van der Waals surface area contributed by atoms with Crippen molar-refractivity contribution in [1.29, 1.82) is 0 Å². The average molecular weight is 825 g/mol. The minimum atomic E-state index is -0.363. The van der Waals surface area contributed by atoms with Crippen molar-refractivity contribution in [2.24, 2.45) is 0 Å². The van der Waals surface area contributed by atoms with Crippen LogP contribution in [0.4, 0.5) is 34.1 Å². The van der Waals surface area contributed by atoms with Crippen LogP contribution in [0.15, 0.2) is 203 Å². The van der Waals surface area contributed by atoms with Gasteiger partial charge in [0, 0.05) is 55.5 Å². The first-order valence-electron chi connectivity index (χ1n) is 22.3. The zero-order valence-electron chi connectivity index (χ0n) is 36.2. The Morgan fingerprint density at radius 1 is 0.344 bits per heavy atom. The second-order valence-electron chi connectivity index (χ2n) is 18.4. The molecular formula is C60H44N2O2. The van der Waals surface area contributed by atoms with Gasteiger partial charge < -0.3 is 18.6 Å². The fraction of sp³-hybridized carbons (Fsp3) is 0.100. The first-order valence-corrected chi connectivity index (χ1v) is 22.3. The number of nitrogens with zero attached hydrogens (tertiary/aromatic N) is 2. The number of para-hydroxylation sites is 6. The van der Waals surface area contributed by atoms with E-state index in [0.717, 1.165) is 78.0 Å². The van der Waals surface area contributed by atoms with E-state index in [1.165, 1.54) is 44.5 Å². The Balaban J connectivity index is 1.09. The topological polar surface area (TPSA) is 32.8 Å². The summed E-state index contributed by atoms with van der Waals surface area (Å²) in [5.41, 5.74) is 19.4. The molecule has 0 spiro atoms. The third-order valence-corrected chi connectivity index (χ3v) is 14.2. The maximum atomic E-state index is 7.11. The molecule has 4 nitrogen and oxygen atoms in total. The van der Waals surface area contributed by atoms with Crippen molar-refractivity contribution in [2.45, 2.75) is 38.5 Å². The Hall–Kier alpha value is -7.82. The maximum absolute atomic E-state index is 7.11. The fourth-order valence-corrected chi connectivity index (χ4v) is 11.1. The molecule has 0 radical (unpaired) electrons. The monoisotopic (exact) mass is 824 g/mol. The Labute approximate surface area is 372 Å². The highest BCUT2D eigenvalue weighted by atomic mass is 16.3. The first kappa shape index (κ1) is 36.8. The fourth-order valence-electron chi connectivity index (χ4n) is 11.1. The molecule has 2 heterocycles. The number of furan rings is 2. The number of rotatable bonds is 6. The van der Waals surface area contributed by atoms with Crippen LogP contribution < -0.4 is 9.80 Å². The highest BCUT2D eigenvalue weighted by Crippen LogP contribution is 2.62. The standard InChI is InChI=1S/C60H44N2O2/c1-59(2)45-33-44-46(34-43(45)53-47(59)35-49(55-41-29-17-19-31-51(41)63-57(53)55)61(37-21-9-5-10-22-37)38-23-11-6-12-24-38)60(3,4)48-36-50(56-42-30-18-20-32-52(42)64-58(56)54(44)48)62(39-25-13-7-14-26-39)40-27-15-8-16-28-40/h5-36H,1-4H3. The largest absolute Gasteiger partial charge is 0.455 e. The number of anilines is 6. The van der Waals surface area contributed by atoms with Gasteiger partial charge in [0.05, 0.1) is 22.1 Å². The lowest BCUT2D eigenvalue weighted by atomic mass is 9.79. The van der Waals surface area contributed by atoms with Gasteiger partial charge in [-0.1, -0.05) is 137 Å². The summed E-state index contributed by atoms with van der Waals surface area (Å²) < 4.78 is 14.2. The zero-order chi connectivity index (χ0) is 42.9. The molecular weight excluding hydrogens is 781 g/mol. The second kappa shape index (κ2) is 13.3. The van der Waals surface area contributed by atoms with Crippen LogP contribution in [0.3, 0.4) is 0 Å². The summed E-state index contributed by atoms with van der Waals surface area (Å²) in [5.74, 6) is 0. The number of hydrogen-bond acceptors (Lipinski definition) is 4. The van der Waals surface area contributed by atoms with Crippen molar-refractivity contribution in [3.63, 3.8) is 0 Å². The van der Waals surface area contributed by atoms with E-state index in [9.17, 15) is 0 Å². The lowest BCUT2D eigenvalue weighted by molar-refractivity contribution is 0.648. The van der Waals surface area contributed by atoms with Gasteiger partial charge >= 0.3 is 0 Å².